The molecule has 0 heterocycles. The Morgan fingerprint density at radius 1 is 0.778 bits per heavy atom. The number of carbonyl (C=O) groups is 2. The van der Waals surface area contributed by atoms with Crippen molar-refractivity contribution < 1.29 is 14.7 Å². The summed E-state index contributed by atoms with van der Waals surface area (Å²) in [6.07, 6.45) is 13.4. The predicted molar refractivity (Wildman–Crippen MR) is 73.5 cm³/mol. The molecule has 0 amide bonds. The predicted octanol–water partition coefficient (Wildman–Crippen LogP) is 3.28. The second-order valence-corrected chi connectivity index (χ2v) is 4.98. The quantitative estimate of drug-likeness (QED) is 0.383. The van der Waals surface area contributed by atoms with Crippen molar-refractivity contribution in [3.8, 4) is 0 Å². The third-order valence-corrected chi connectivity index (χ3v) is 3.33. The van der Waals surface area contributed by atoms with Crippen LogP contribution < -0.4 is 0 Å². The fourth-order valence-corrected chi connectivity index (χ4v) is 2.14. The average molecular weight is 256 g/mol. The normalized spacial score (nSPS) is 12.3. The van der Waals surface area contributed by atoms with Crippen LogP contribution in [-0.2, 0) is 9.59 Å². The molecule has 3 nitrogen and oxygen atoms in total. The van der Waals surface area contributed by atoms with Gasteiger partial charge in [-0.3, -0.25) is 0 Å². The van der Waals surface area contributed by atoms with Crippen molar-refractivity contribution in [2.45, 2.75) is 70.6 Å². The Hall–Kier alpha value is -0.700. The van der Waals surface area contributed by atoms with Crippen LogP contribution in [0.15, 0.2) is 0 Å². The molecule has 0 aliphatic carbocycles. The third-order valence-electron chi connectivity index (χ3n) is 3.33. The molecule has 106 valence electrons. The van der Waals surface area contributed by atoms with Crippen LogP contribution in [0.4, 0.5) is 0 Å². The summed E-state index contributed by atoms with van der Waals surface area (Å²) in [5.74, 6) is 0.0831. The first-order valence-corrected chi connectivity index (χ1v) is 7.35. The molecule has 0 saturated heterocycles. The van der Waals surface area contributed by atoms with E-state index in [4.69, 9.17) is 5.11 Å². The van der Waals surface area contributed by atoms with E-state index in [1.807, 2.05) is 0 Å². The first-order valence-electron chi connectivity index (χ1n) is 7.35. The summed E-state index contributed by atoms with van der Waals surface area (Å²) in [4.78, 5) is 21.0. The van der Waals surface area contributed by atoms with Crippen LogP contribution in [0.5, 0.6) is 0 Å². The lowest BCUT2D eigenvalue weighted by molar-refractivity contribution is -0.112. The molecule has 0 aromatic rings. The van der Waals surface area contributed by atoms with Crippen LogP contribution >= 0.6 is 0 Å². The number of hydrogen-bond acceptors (Lipinski definition) is 3. The molecule has 0 rings (SSSR count). The van der Waals surface area contributed by atoms with Gasteiger partial charge in [0.25, 0.3) is 0 Å². The van der Waals surface area contributed by atoms with Gasteiger partial charge in [0.1, 0.15) is 12.6 Å². The van der Waals surface area contributed by atoms with Crippen molar-refractivity contribution in [1.82, 2.24) is 0 Å². The summed E-state index contributed by atoms with van der Waals surface area (Å²) in [6.45, 7) is 0.313. The number of hydrogen-bond donors (Lipinski definition) is 1. The molecule has 18 heavy (non-hydrogen) atoms. The number of unbranched alkanes of at least 4 members (excludes halogenated alkanes) is 7. The van der Waals surface area contributed by atoms with Crippen LogP contribution in [0.25, 0.3) is 0 Å². The van der Waals surface area contributed by atoms with Gasteiger partial charge in [-0.2, -0.15) is 0 Å². The van der Waals surface area contributed by atoms with Gasteiger partial charge in [0.2, 0.25) is 0 Å². The fourth-order valence-electron chi connectivity index (χ4n) is 2.14. The average Bonchev–Trinajstić information content (AvgIpc) is 2.40. The monoisotopic (exact) mass is 256 g/mol. The maximum Gasteiger partial charge on any atom is 0.123 e. The summed E-state index contributed by atoms with van der Waals surface area (Å²) >= 11 is 0. The van der Waals surface area contributed by atoms with E-state index in [1.165, 1.54) is 32.1 Å². The lowest BCUT2D eigenvalue weighted by Gasteiger charge is -2.07. The molecule has 0 spiro atoms. The van der Waals surface area contributed by atoms with Gasteiger partial charge in [-0.1, -0.05) is 44.9 Å². The Morgan fingerprint density at radius 3 is 1.83 bits per heavy atom. The molecular weight excluding hydrogens is 228 g/mol. The van der Waals surface area contributed by atoms with Crippen molar-refractivity contribution in [3.05, 3.63) is 0 Å². The van der Waals surface area contributed by atoms with E-state index < -0.39 is 0 Å². The highest BCUT2D eigenvalue weighted by Crippen LogP contribution is 2.15. The highest BCUT2D eigenvalue weighted by molar-refractivity contribution is 5.55. The van der Waals surface area contributed by atoms with Crippen LogP contribution in [0.2, 0.25) is 0 Å². The van der Waals surface area contributed by atoms with E-state index in [2.05, 4.69) is 0 Å². The van der Waals surface area contributed by atoms with Gasteiger partial charge in [-0.05, 0) is 19.3 Å². The summed E-state index contributed by atoms with van der Waals surface area (Å²) < 4.78 is 0. The maximum absolute atomic E-state index is 10.7. The second kappa shape index (κ2) is 14.4. The Balaban J connectivity index is 3.22. The Bertz CT molecular complexity index is 192. The zero-order valence-electron chi connectivity index (χ0n) is 11.5. The van der Waals surface area contributed by atoms with Gasteiger partial charge in [0.15, 0.2) is 0 Å². The van der Waals surface area contributed by atoms with Crippen molar-refractivity contribution in [3.63, 3.8) is 0 Å². The Morgan fingerprint density at radius 2 is 1.33 bits per heavy atom. The summed E-state index contributed by atoms with van der Waals surface area (Å²) in [5, 5.41) is 8.63. The molecule has 1 N–H and O–H groups in total. The molecule has 0 aromatic carbocycles. The fraction of sp³-hybridized carbons (Fsp3) is 0.867. The van der Waals surface area contributed by atoms with Crippen molar-refractivity contribution in [2.75, 3.05) is 6.61 Å². The molecule has 0 radical (unpaired) electrons. The van der Waals surface area contributed by atoms with E-state index in [0.717, 1.165) is 38.3 Å². The molecule has 0 aliphatic rings. The Labute approximate surface area is 111 Å². The van der Waals surface area contributed by atoms with Crippen LogP contribution in [-0.4, -0.2) is 24.3 Å². The van der Waals surface area contributed by atoms with Crippen LogP contribution in [0.3, 0.4) is 0 Å². The van der Waals surface area contributed by atoms with Gasteiger partial charge < -0.3 is 14.7 Å². The van der Waals surface area contributed by atoms with Crippen LogP contribution in [0.1, 0.15) is 70.6 Å². The molecule has 0 saturated carbocycles. The second-order valence-electron chi connectivity index (χ2n) is 4.98. The number of rotatable bonds is 14. The largest absolute Gasteiger partial charge is 0.396 e. The first-order chi connectivity index (χ1) is 8.85. The van der Waals surface area contributed by atoms with E-state index >= 15 is 0 Å². The van der Waals surface area contributed by atoms with Crippen molar-refractivity contribution >= 4 is 12.6 Å². The van der Waals surface area contributed by atoms with Gasteiger partial charge in [-0.25, -0.2) is 0 Å². The minimum Gasteiger partial charge on any atom is -0.396 e. The molecule has 1 atom stereocenters. The highest BCUT2D eigenvalue weighted by atomic mass is 16.2. The topological polar surface area (TPSA) is 54.4 Å². The molecule has 1 unspecified atom stereocenters. The molecule has 0 bridgehead atoms. The van der Waals surface area contributed by atoms with E-state index in [0.29, 0.717) is 19.4 Å². The minimum absolute atomic E-state index is 0.0831. The number of aldehydes is 2. The van der Waals surface area contributed by atoms with Gasteiger partial charge in [-0.15, -0.1) is 0 Å². The lowest BCUT2D eigenvalue weighted by Crippen LogP contribution is -2.02. The third kappa shape index (κ3) is 11.8. The number of aliphatic hydroxyl groups is 1. The summed E-state index contributed by atoms with van der Waals surface area (Å²) in [7, 11) is 0. The minimum atomic E-state index is 0.0831. The maximum atomic E-state index is 10.7. The molecule has 3 heteroatoms. The molecular formula is C15H28O3. The van der Waals surface area contributed by atoms with E-state index in [-0.39, 0.29) is 5.92 Å². The smallest absolute Gasteiger partial charge is 0.123 e. The highest BCUT2D eigenvalue weighted by Gasteiger charge is 2.06. The van der Waals surface area contributed by atoms with Gasteiger partial charge >= 0.3 is 0 Å². The molecule has 0 fully saturated rings. The first kappa shape index (κ1) is 17.3. The van der Waals surface area contributed by atoms with Crippen LogP contribution in [0, 0.1) is 5.92 Å². The summed E-state index contributed by atoms with van der Waals surface area (Å²) in [6, 6.07) is 0. The standard InChI is InChI=1S/C15H28O3/c16-12-8-6-4-2-1-3-5-7-10-15(14-18)11-9-13-17/h13-16H,1-12H2. The summed E-state index contributed by atoms with van der Waals surface area (Å²) in [5.41, 5.74) is 0. The Kier molecular flexibility index (Phi) is 13.8. The zero-order valence-corrected chi connectivity index (χ0v) is 11.5. The lowest BCUT2D eigenvalue weighted by atomic mass is 9.97. The SMILES string of the molecule is O=CCCC(C=O)CCCCCCCCCCO. The molecule has 0 aromatic heterocycles. The van der Waals surface area contributed by atoms with Gasteiger partial charge in [0.05, 0.1) is 0 Å². The zero-order chi connectivity index (χ0) is 13.5. The number of aliphatic hydroxyl groups excluding tert-OH is 1. The molecule has 0 aliphatic heterocycles. The van der Waals surface area contributed by atoms with Crippen molar-refractivity contribution in [1.29, 1.82) is 0 Å². The van der Waals surface area contributed by atoms with E-state index in [9.17, 15) is 9.59 Å². The van der Waals surface area contributed by atoms with Crippen molar-refractivity contribution in [2.24, 2.45) is 5.92 Å². The van der Waals surface area contributed by atoms with E-state index in [1.54, 1.807) is 0 Å². The van der Waals surface area contributed by atoms with Gasteiger partial charge in [0, 0.05) is 18.9 Å². The number of carbonyl (C=O) groups excluding carboxylic acids is 2.